The van der Waals surface area contributed by atoms with Crippen molar-refractivity contribution in [1.82, 2.24) is 0 Å². The molecule has 0 bridgehead atoms. The second-order valence-electron chi connectivity index (χ2n) is 4.00. The van der Waals surface area contributed by atoms with Crippen molar-refractivity contribution in [2.45, 2.75) is 26.4 Å². The molecule has 0 aromatic carbocycles. The maximum absolute atomic E-state index is 11.7. The summed E-state index contributed by atoms with van der Waals surface area (Å²) in [5.74, 6) is -0.337. The molecule has 0 spiro atoms. The van der Waals surface area contributed by atoms with Crippen LogP contribution in [0.25, 0.3) is 0 Å². The van der Waals surface area contributed by atoms with Gasteiger partial charge in [0.1, 0.15) is 5.78 Å². The van der Waals surface area contributed by atoms with E-state index in [1.807, 2.05) is 19.9 Å². The zero-order valence-corrected chi connectivity index (χ0v) is 8.32. The lowest BCUT2D eigenvalue weighted by Crippen LogP contribution is -2.39. The van der Waals surface area contributed by atoms with Crippen molar-refractivity contribution < 1.29 is 9.90 Å². The summed E-state index contributed by atoms with van der Waals surface area (Å²) >= 11 is 0. The lowest BCUT2D eigenvalue weighted by atomic mass is 9.79. The first kappa shape index (κ1) is 10.2. The van der Waals surface area contributed by atoms with E-state index in [-0.39, 0.29) is 11.7 Å². The third kappa shape index (κ3) is 2.07. The summed E-state index contributed by atoms with van der Waals surface area (Å²) in [6.07, 6.45) is 7.01. The summed E-state index contributed by atoms with van der Waals surface area (Å²) < 4.78 is 0. The molecule has 0 amide bonds. The van der Waals surface area contributed by atoms with Gasteiger partial charge in [0.05, 0.1) is 11.5 Å². The van der Waals surface area contributed by atoms with Gasteiger partial charge < -0.3 is 5.11 Å². The molecule has 13 heavy (non-hydrogen) atoms. The van der Waals surface area contributed by atoms with Gasteiger partial charge in [-0.25, -0.2) is 0 Å². The van der Waals surface area contributed by atoms with E-state index in [0.717, 1.165) is 0 Å². The largest absolute Gasteiger partial charge is 0.385 e. The summed E-state index contributed by atoms with van der Waals surface area (Å²) in [6.45, 7) is 5.37. The van der Waals surface area contributed by atoms with Gasteiger partial charge in [0.15, 0.2) is 0 Å². The van der Waals surface area contributed by atoms with E-state index in [9.17, 15) is 9.90 Å². The molecule has 0 saturated heterocycles. The summed E-state index contributed by atoms with van der Waals surface area (Å²) in [5, 5.41) is 9.89. The molecular weight excluding hydrogens is 164 g/mol. The Balaban J connectivity index is 2.86. The van der Waals surface area contributed by atoms with Crippen LogP contribution in [0.15, 0.2) is 24.3 Å². The third-order valence-electron chi connectivity index (χ3n) is 2.35. The molecule has 0 aromatic rings. The number of hydrogen-bond donors (Lipinski definition) is 1. The molecule has 2 atom stereocenters. The second kappa shape index (κ2) is 3.46. The minimum atomic E-state index is -1.02. The molecule has 72 valence electrons. The second-order valence-corrected chi connectivity index (χ2v) is 4.00. The normalized spacial score (nSPS) is 32.5. The van der Waals surface area contributed by atoms with Gasteiger partial charge in [-0.3, -0.25) is 4.79 Å². The van der Waals surface area contributed by atoms with E-state index >= 15 is 0 Å². The van der Waals surface area contributed by atoms with Crippen LogP contribution in [-0.2, 0) is 4.79 Å². The molecule has 2 unspecified atom stereocenters. The Morgan fingerprint density at radius 1 is 1.46 bits per heavy atom. The van der Waals surface area contributed by atoms with Crippen LogP contribution in [0.2, 0.25) is 0 Å². The topological polar surface area (TPSA) is 37.3 Å². The van der Waals surface area contributed by atoms with Gasteiger partial charge in [0.25, 0.3) is 0 Å². The molecular formula is C11H16O2. The zero-order chi connectivity index (χ0) is 10.1. The Labute approximate surface area is 79.0 Å². The quantitative estimate of drug-likeness (QED) is 0.702. The van der Waals surface area contributed by atoms with Crippen LogP contribution in [0.5, 0.6) is 0 Å². The van der Waals surface area contributed by atoms with E-state index in [1.54, 1.807) is 25.2 Å². The fourth-order valence-electron chi connectivity index (χ4n) is 1.47. The first-order valence-corrected chi connectivity index (χ1v) is 4.57. The van der Waals surface area contributed by atoms with Gasteiger partial charge in [-0.2, -0.15) is 0 Å². The number of Topliss-reactive ketones (excluding diaryl/α,β-unsaturated/α-hetero) is 1. The maximum Gasteiger partial charge on any atom is 0.145 e. The Bertz CT molecular complexity index is 259. The van der Waals surface area contributed by atoms with Crippen molar-refractivity contribution in [3.05, 3.63) is 24.3 Å². The van der Waals surface area contributed by atoms with E-state index in [1.165, 1.54) is 0 Å². The minimum absolute atomic E-state index is 0.0346. The van der Waals surface area contributed by atoms with Crippen molar-refractivity contribution in [2.75, 3.05) is 0 Å². The molecule has 2 nitrogen and oxygen atoms in total. The first-order valence-electron chi connectivity index (χ1n) is 4.57. The van der Waals surface area contributed by atoms with Gasteiger partial charge in [-0.05, 0) is 6.92 Å². The number of ketones is 1. The molecule has 1 aliphatic rings. The van der Waals surface area contributed by atoms with Crippen LogP contribution in [0.3, 0.4) is 0 Å². The van der Waals surface area contributed by atoms with Crippen LogP contribution in [0, 0.1) is 11.8 Å². The lowest BCUT2D eigenvalue weighted by Gasteiger charge is -2.29. The molecule has 0 radical (unpaired) electrons. The molecule has 0 aromatic heterocycles. The summed E-state index contributed by atoms with van der Waals surface area (Å²) in [4.78, 5) is 11.7. The molecule has 0 aliphatic heterocycles. The molecule has 1 aliphatic carbocycles. The van der Waals surface area contributed by atoms with Gasteiger partial charge in [-0.1, -0.05) is 38.2 Å². The van der Waals surface area contributed by atoms with E-state index < -0.39 is 11.5 Å². The van der Waals surface area contributed by atoms with Gasteiger partial charge in [-0.15, -0.1) is 0 Å². The maximum atomic E-state index is 11.7. The van der Waals surface area contributed by atoms with Crippen molar-refractivity contribution in [2.24, 2.45) is 11.8 Å². The SMILES string of the molecule is CC(C)C(=O)C1C=CC=CC1(C)O. The van der Waals surface area contributed by atoms with Crippen molar-refractivity contribution in [1.29, 1.82) is 0 Å². The molecule has 0 heterocycles. The molecule has 1 N–H and O–H groups in total. The summed E-state index contributed by atoms with van der Waals surface area (Å²) in [6, 6.07) is 0. The number of allylic oxidation sites excluding steroid dienone is 2. The van der Waals surface area contributed by atoms with Gasteiger partial charge in [0, 0.05) is 5.92 Å². The third-order valence-corrected chi connectivity index (χ3v) is 2.35. The fraction of sp³-hybridized carbons (Fsp3) is 0.545. The average Bonchev–Trinajstić information content (AvgIpc) is 2.02. The van der Waals surface area contributed by atoms with Crippen molar-refractivity contribution in [3.63, 3.8) is 0 Å². The molecule has 0 fully saturated rings. The highest BCUT2D eigenvalue weighted by molar-refractivity contribution is 5.86. The Kier molecular flexibility index (Phi) is 2.71. The Hall–Kier alpha value is -0.890. The predicted octanol–water partition coefficient (Wildman–Crippen LogP) is 1.70. The Morgan fingerprint density at radius 3 is 2.54 bits per heavy atom. The highest BCUT2D eigenvalue weighted by atomic mass is 16.3. The van der Waals surface area contributed by atoms with Crippen LogP contribution in [-0.4, -0.2) is 16.5 Å². The van der Waals surface area contributed by atoms with Crippen molar-refractivity contribution in [3.8, 4) is 0 Å². The van der Waals surface area contributed by atoms with Gasteiger partial charge in [0.2, 0.25) is 0 Å². The highest BCUT2D eigenvalue weighted by Gasteiger charge is 2.35. The fourth-order valence-corrected chi connectivity index (χ4v) is 1.47. The molecule has 1 rings (SSSR count). The molecule has 0 saturated carbocycles. The van der Waals surface area contributed by atoms with E-state index in [4.69, 9.17) is 0 Å². The Morgan fingerprint density at radius 2 is 2.08 bits per heavy atom. The summed E-state index contributed by atoms with van der Waals surface area (Å²) in [7, 11) is 0. The number of carbonyl (C=O) groups is 1. The minimum Gasteiger partial charge on any atom is -0.385 e. The van der Waals surface area contributed by atoms with Crippen LogP contribution >= 0.6 is 0 Å². The van der Waals surface area contributed by atoms with E-state index in [2.05, 4.69) is 0 Å². The monoisotopic (exact) mass is 180 g/mol. The smallest absolute Gasteiger partial charge is 0.145 e. The number of rotatable bonds is 2. The zero-order valence-electron chi connectivity index (χ0n) is 8.32. The standard InChI is InChI=1S/C11H16O2/c1-8(2)10(12)9-6-4-5-7-11(9,3)13/h4-9,13H,1-3H3. The van der Waals surface area contributed by atoms with E-state index in [0.29, 0.717) is 0 Å². The van der Waals surface area contributed by atoms with Gasteiger partial charge >= 0.3 is 0 Å². The highest BCUT2D eigenvalue weighted by Crippen LogP contribution is 2.26. The first-order chi connectivity index (χ1) is 5.95. The lowest BCUT2D eigenvalue weighted by molar-refractivity contribution is -0.129. The van der Waals surface area contributed by atoms with Crippen LogP contribution < -0.4 is 0 Å². The summed E-state index contributed by atoms with van der Waals surface area (Å²) in [5.41, 5.74) is -1.02. The van der Waals surface area contributed by atoms with Crippen molar-refractivity contribution >= 4 is 5.78 Å². The predicted molar refractivity (Wildman–Crippen MR) is 52.2 cm³/mol. The van der Waals surface area contributed by atoms with Crippen LogP contribution in [0.4, 0.5) is 0 Å². The number of hydrogen-bond acceptors (Lipinski definition) is 2. The average molecular weight is 180 g/mol. The molecule has 2 heteroatoms. The number of aliphatic hydroxyl groups is 1. The van der Waals surface area contributed by atoms with Crippen LogP contribution in [0.1, 0.15) is 20.8 Å². The number of carbonyl (C=O) groups excluding carboxylic acids is 1.